The van der Waals surface area contributed by atoms with Gasteiger partial charge in [-0.15, -0.1) is 0 Å². The molecule has 2 aromatic heterocycles. The topological polar surface area (TPSA) is 106 Å². The standard InChI is InChI=1S/C13H17N5O2/c1-9-7-15-3-2-10(9)16-4-5-17-13(19)11-8-20-12(6-14)18-11/h2-3,7-8H,4-6,14H2,1H3,(H,15,16)(H,17,19). The number of rotatable bonds is 6. The van der Waals surface area contributed by atoms with Crippen LogP contribution in [0.3, 0.4) is 0 Å². The lowest BCUT2D eigenvalue weighted by atomic mass is 10.2. The predicted octanol–water partition coefficient (Wildman–Crippen LogP) is 0.679. The molecule has 0 spiro atoms. The number of pyridine rings is 1. The van der Waals surface area contributed by atoms with E-state index in [0.717, 1.165) is 11.3 Å². The first kappa shape index (κ1) is 14.0. The lowest BCUT2D eigenvalue weighted by Gasteiger charge is -2.09. The van der Waals surface area contributed by atoms with Crippen LogP contribution in [0, 0.1) is 6.92 Å². The molecular formula is C13H17N5O2. The summed E-state index contributed by atoms with van der Waals surface area (Å²) >= 11 is 0. The minimum atomic E-state index is -0.276. The highest BCUT2D eigenvalue weighted by atomic mass is 16.3. The highest BCUT2D eigenvalue weighted by molar-refractivity contribution is 5.91. The molecule has 106 valence electrons. The summed E-state index contributed by atoms with van der Waals surface area (Å²) in [5, 5.41) is 5.96. The van der Waals surface area contributed by atoms with Gasteiger partial charge in [-0.25, -0.2) is 4.98 Å². The van der Waals surface area contributed by atoms with Crippen LogP contribution in [0.4, 0.5) is 5.69 Å². The zero-order valence-electron chi connectivity index (χ0n) is 11.2. The molecule has 4 N–H and O–H groups in total. The molecule has 0 saturated carbocycles. The number of nitrogens with zero attached hydrogens (tertiary/aromatic N) is 2. The van der Waals surface area contributed by atoms with E-state index in [1.165, 1.54) is 6.26 Å². The third kappa shape index (κ3) is 3.55. The summed E-state index contributed by atoms with van der Waals surface area (Å²) < 4.78 is 5.01. The van der Waals surface area contributed by atoms with E-state index in [9.17, 15) is 4.79 Å². The van der Waals surface area contributed by atoms with Crippen LogP contribution >= 0.6 is 0 Å². The number of nitrogens with one attached hydrogen (secondary N) is 2. The number of anilines is 1. The summed E-state index contributed by atoms with van der Waals surface area (Å²) in [5.74, 6) is 0.0717. The Morgan fingerprint density at radius 2 is 2.30 bits per heavy atom. The van der Waals surface area contributed by atoms with E-state index >= 15 is 0 Å². The summed E-state index contributed by atoms with van der Waals surface area (Å²) in [7, 11) is 0. The van der Waals surface area contributed by atoms with Crippen molar-refractivity contribution in [3.63, 3.8) is 0 Å². The van der Waals surface area contributed by atoms with Crippen LogP contribution in [-0.4, -0.2) is 29.0 Å². The molecule has 0 aliphatic rings. The summed E-state index contributed by atoms with van der Waals surface area (Å²) in [6.45, 7) is 3.23. The van der Waals surface area contributed by atoms with Crippen molar-refractivity contribution >= 4 is 11.6 Å². The van der Waals surface area contributed by atoms with Crippen LogP contribution in [0.1, 0.15) is 21.9 Å². The predicted molar refractivity (Wildman–Crippen MR) is 74.2 cm³/mol. The quantitative estimate of drug-likeness (QED) is 0.669. The van der Waals surface area contributed by atoms with Crippen LogP contribution < -0.4 is 16.4 Å². The van der Waals surface area contributed by atoms with Gasteiger partial charge in [-0.2, -0.15) is 0 Å². The minimum absolute atomic E-state index is 0.177. The number of amides is 1. The van der Waals surface area contributed by atoms with E-state index in [0.29, 0.717) is 19.0 Å². The van der Waals surface area contributed by atoms with Crippen molar-refractivity contribution in [2.24, 2.45) is 5.73 Å². The van der Waals surface area contributed by atoms with Gasteiger partial charge in [0.1, 0.15) is 6.26 Å². The van der Waals surface area contributed by atoms with Gasteiger partial charge in [-0.05, 0) is 18.6 Å². The molecule has 0 radical (unpaired) electrons. The maximum Gasteiger partial charge on any atom is 0.273 e. The van der Waals surface area contributed by atoms with Crippen LogP contribution in [-0.2, 0) is 6.54 Å². The molecule has 20 heavy (non-hydrogen) atoms. The fraction of sp³-hybridized carbons (Fsp3) is 0.308. The maximum absolute atomic E-state index is 11.7. The van der Waals surface area contributed by atoms with Crippen molar-refractivity contribution in [2.45, 2.75) is 13.5 Å². The molecular weight excluding hydrogens is 258 g/mol. The Kier molecular flexibility index (Phi) is 4.67. The molecule has 0 aliphatic heterocycles. The first-order valence-corrected chi connectivity index (χ1v) is 6.28. The number of aryl methyl sites for hydroxylation is 1. The summed E-state index contributed by atoms with van der Waals surface area (Å²) in [6, 6.07) is 1.89. The van der Waals surface area contributed by atoms with Crippen molar-refractivity contribution in [1.82, 2.24) is 15.3 Å². The third-order valence-corrected chi connectivity index (χ3v) is 2.71. The number of aromatic nitrogens is 2. The molecule has 0 fully saturated rings. The molecule has 0 saturated heterocycles. The van der Waals surface area contributed by atoms with Gasteiger partial charge in [0.25, 0.3) is 5.91 Å². The molecule has 7 nitrogen and oxygen atoms in total. The largest absolute Gasteiger partial charge is 0.447 e. The number of hydrogen-bond acceptors (Lipinski definition) is 6. The average molecular weight is 275 g/mol. The van der Waals surface area contributed by atoms with Gasteiger partial charge < -0.3 is 20.8 Å². The molecule has 0 bridgehead atoms. The van der Waals surface area contributed by atoms with Gasteiger partial charge in [0.05, 0.1) is 6.54 Å². The zero-order chi connectivity index (χ0) is 14.4. The maximum atomic E-state index is 11.7. The van der Waals surface area contributed by atoms with Gasteiger partial charge in [0, 0.05) is 31.2 Å². The summed E-state index contributed by atoms with van der Waals surface area (Å²) in [6.07, 6.45) is 4.81. The zero-order valence-corrected chi connectivity index (χ0v) is 11.2. The third-order valence-electron chi connectivity index (χ3n) is 2.71. The van der Waals surface area contributed by atoms with E-state index in [1.54, 1.807) is 12.4 Å². The molecule has 0 aromatic carbocycles. The van der Waals surface area contributed by atoms with E-state index in [-0.39, 0.29) is 18.1 Å². The van der Waals surface area contributed by atoms with Gasteiger partial charge in [-0.3, -0.25) is 9.78 Å². The van der Waals surface area contributed by atoms with E-state index in [2.05, 4.69) is 20.6 Å². The van der Waals surface area contributed by atoms with Gasteiger partial charge >= 0.3 is 0 Å². The van der Waals surface area contributed by atoms with Crippen LogP contribution in [0.2, 0.25) is 0 Å². The molecule has 1 amide bonds. The number of carbonyl (C=O) groups is 1. The molecule has 2 heterocycles. The molecule has 0 aliphatic carbocycles. The van der Waals surface area contributed by atoms with Crippen molar-refractivity contribution in [3.05, 3.63) is 41.9 Å². The Balaban J connectivity index is 1.76. The lowest BCUT2D eigenvalue weighted by Crippen LogP contribution is -2.29. The summed E-state index contributed by atoms with van der Waals surface area (Å²) in [4.78, 5) is 19.7. The first-order chi connectivity index (χ1) is 9.70. The van der Waals surface area contributed by atoms with Crippen LogP contribution in [0.5, 0.6) is 0 Å². The molecule has 7 heteroatoms. The van der Waals surface area contributed by atoms with E-state index in [4.69, 9.17) is 10.2 Å². The second-order valence-corrected chi connectivity index (χ2v) is 4.20. The molecule has 0 atom stereocenters. The Labute approximate surface area is 116 Å². The lowest BCUT2D eigenvalue weighted by molar-refractivity contribution is 0.0950. The van der Waals surface area contributed by atoms with Crippen molar-refractivity contribution in [2.75, 3.05) is 18.4 Å². The summed E-state index contributed by atoms with van der Waals surface area (Å²) in [5.41, 5.74) is 7.66. The molecule has 2 rings (SSSR count). The van der Waals surface area contributed by atoms with Gasteiger partial charge in [-0.1, -0.05) is 0 Å². The molecule has 0 unspecified atom stereocenters. The van der Waals surface area contributed by atoms with Crippen molar-refractivity contribution < 1.29 is 9.21 Å². The minimum Gasteiger partial charge on any atom is -0.447 e. The van der Waals surface area contributed by atoms with E-state index in [1.807, 2.05) is 13.0 Å². The fourth-order valence-electron chi connectivity index (χ4n) is 1.64. The monoisotopic (exact) mass is 275 g/mol. The van der Waals surface area contributed by atoms with Crippen molar-refractivity contribution in [1.29, 1.82) is 0 Å². The Bertz CT molecular complexity index is 582. The normalized spacial score (nSPS) is 10.3. The second-order valence-electron chi connectivity index (χ2n) is 4.20. The Morgan fingerprint density at radius 1 is 1.45 bits per heavy atom. The average Bonchev–Trinajstić information content (AvgIpc) is 2.94. The number of carbonyl (C=O) groups excluding carboxylic acids is 1. The number of hydrogen-bond donors (Lipinski definition) is 3. The Morgan fingerprint density at radius 3 is 3.00 bits per heavy atom. The smallest absolute Gasteiger partial charge is 0.273 e. The van der Waals surface area contributed by atoms with Crippen molar-refractivity contribution in [3.8, 4) is 0 Å². The van der Waals surface area contributed by atoms with Gasteiger partial charge in [0.15, 0.2) is 5.69 Å². The van der Waals surface area contributed by atoms with Crippen LogP contribution in [0.15, 0.2) is 29.1 Å². The second kappa shape index (κ2) is 6.67. The Hall–Kier alpha value is -2.41. The number of oxazole rings is 1. The van der Waals surface area contributed by atoms with E-state index < -0.39 is 0 Å². The van der Waals surface area contributed by atoms with Crippen LogP contribution in [0.25, 0.3) is 0 Å². The fourth-order valence-corrected chi connectivity index (χ4v) is 1.64. The highest BCUT2D eigenvalue weighted by Crippen LogP contribution is 2.10. The first-order valence-electron chi connectivity index (χ1n) is 6.28. The van der Waals surface area contributed by atoms with Gasteiger partial charge in [0.2, 0.25) is 5.89 Å². The SMILES string of the molecule is Cc1cnccc1NCCNC(=O)c1coc(CN)n1. The molecule has 2 aromatic rings. The number of nitrogens with two attached hydrogens (primary N) is 1. The highest BCUT2D eigenvalue weighted by Gasteiger charge is 2.10.